The lowest BCUT2D eigenvalue weighted by atomic mass is 9.90. The number of nitriles is 1. The highest BCUT2D eigenvalue weighted by Crippen LogP contribution is 2.35. The standard InChI is InChI=1S/C23H22N6O3S/c1-15-9-10-19(29(31)32)13-20(15)28-11-5-8-18(28)12-17(14-24)21(30)25-23-27-26-22(33-23)16-6-3-2-4-7-16/h5,8-13,16H,2-4,6-7H2,1H3,(H,25,27,30)/b17-12-. The third-order valence-electron chi connectivity index (χ3n) is 5.72. The van der Waals surface area contributed by atoms with E-state index < -0.39 is 10.8 Å². The van der Waals surface area contributed by atoms with Gasteiger partial charge >= 0.3 is 0 Å². The van der Waals surface area contributed by atoms with Crippen molar-refractivity contribution in [1.82, 2.24) is 14.8 Å². The zero-order valence-electron chi connectivity index (χ0n) is 18.0. The predicted octanol–water partition coefficient (Wildman–Crippen LogP) is 5.14. The van der Waals surface area contributed by atoms with Gasteiger partial charge in [0.2, 0.25) is 5.13 Å². The van der Waals surface area contributed by atoms with Crippen LogP contribution in [0.25, 0.3) is 11.8 Å². The van der Waals surface area contributed by atoms with Gasteiger partial charge in [0, 0.05) is 29.9 Å². The van der Waals surface area contributed by atoms with Gasteiger partial charge in [0.25, 0.3) is 11.6 Å². The average Bonchev–Trinajstić information content (AvgIpc) is 3.47. The van der Waals surface area contributed by atoms with Gasteiger partial charge in [-0.05, 0) is 43.5 Å². The number of rotatable bonds is 6. The Morgan fingerprint density at radius 3 is 2.82 bits per heavy atom. The van der Waals surface area contributed by atoms with Crippen LogP contribution in [0.2, 0.25) is 0 Å². The molecule has 2 aromatic heterocycles. The molecule has 0 atom stereocenters. The summed E-state index contributed by atoms with van der Waals surface area (Å²) in [5.74, 6) is -0.193. The number of anilines is 1. The first-order chi connectivity index (χ1) is 16.0. The van der Waals surface area contributed by atoms with Gasteiger partial charge < -0.3 is 4.57 Å². The molecule has 33 heavy (non-hydrogen) atoms. The van der Waals surface area contributed by atoms with E-state index in [1.165, 1.54) is 48.8 Å². The lowest BCUT2D eigenvalue weighted by molar-refractivity contribution is -0.384. The molecule has 1 aromatic carbocycles. The van der Waals surface area contributed by atoms with Gasteiger partial charge in [-0.2, -0.15) is 5.26 Å². The molecule has 0 radical (unpaired) electrons. The third-order valence-corrected chi connectivity index (χ3v) is 6.72. The van der Waals surface area contributed by atoms with Crippen molar-refractivity contribution in [3.63, 3.8) is 0 Å². The number of amides is 1. The van der Waals surface area contributed by atoms with Crippen LogP contribution in [-0.2, 0) is 4.79 Å². The maximum Gasteiger partial charge on any atom is 0.271 e. The van der Waals surface area contributed by atoms with Crippen LogP contribution in [0, 0.1) is 28.4 Å². The van der Waals surface area contributed by atoms with Gasteiger partial charge in [-0.25, -0.2) is 0 Å². The largest absolute Gasteiger partial charge is 0.317 e. The van der Waals surface area contributed by atoms with Gasteiger partial charge in [0.05, 0.1) is 10.6 Å². The lowest BCUT2D eigenvalue weighted by Crippen LogP contribution is -2.13. The maximum atomic E-state index is 12.8. The van der Waals surface area contributed by atoms with Crippen LogP contribution in [0.3, 0.4) is 0 Å². The SMILES string of the molecule is Cc1ccc([N+](=O)[O-])cc1-n1cccc1/C=C(/C#N)C(=O)Nc1nnc(C2CCCCC2)s1. The van der Waals surface area contributed by atoms with Gasteiger partial charge in [-0.15, -0.1) is 10.2 Å². The molecular formula is C23H22N6O3S. The van der Waals surface area contributed by atoms with Gasteiger partial charge in [-0.1, -0.05) is 36.7 Å². The van der Waals surface area contributed by atoms with Crippen molar-refractivity contribution < 1.29 is 9.72 Å². The Labute approximate surface area is 194 Å². The van der Waals surface area contributed by atoms with E-state index in [2.05, 4.69) is 15.5 Å². The van der Waals surface area contributed by atoms with E-state index in [1.54, 1.807) is 29.0 Å². The first-order valence-electron chi connectivity index (χ1n) is 10.7. The summed E-state index contributed by atoms with van der Waals surface area (Å²) in [7, 11) is 0. The Morgan fingerprint density at radius 2 is 2.09 bits per heavy atom. The Balaban J connectivity index is 1.56. The van der Waals surface area contributed by atoms with Crippen LogP contribution >= 0.6 is 11.3 Å². The highest BCUT2D eigenvalue weighted by molar-refractivity contribution is 7.15. The van der Waals surface area contributed by atoms with E-state index in [0.29, 0.717) is 22.4 Å². The number of carbonyl (C=O) groups excluding carboxylic acids is 1. The summed E-state index contributed by atoms with van der Waals surface area (Å²) in [4.78, 5) is 23.5. The Morgan fingerprint density at radius 1 is 1.30 bits per heavy atom. The molecule has 0 bridgehead atoms. The number of aryl methyl sites for hydroxylation is 1. The number of nitrogens with one attached hydrogen (secondary N) is 1. The molecule has 0 aliphatic heterocycles. The van der Waals surface area contributed by atoms with Crippen molar-refractivity contribution in [2.45, 2.75) is 44.9 Å². The Hall–Kier alpha value is -3.84. The molecule has 1 aliphatic rings. The van der Waals surface area contributed by atoms with Crippen molar-refractivity contribution in [2.24, 2.45) is 0 Å². The van der Waals surface area contributed by atoms with Crippen LogP contribution in [0.5, 0.6) is 0 Å². The molecule has 10 heteroatoms. The van der Waals surface area contributed by atoms with E-state index in [1.807, 2.05) is 13.0 Å². The molecular weight excluding hydrogens is 440 g/mol. The monoisotopic (exact) mass is 462 g/mol. The van der Waals surface area contributed by atoms with E-state index in [9.17, 15) is 20.2 Å². The molecule has 168 valence electrons. The highest BCUT2D eigenvalue weighted by Gasteiger charge is 2.21. The van der Waals surface area contributed by atoms with E-state index in [0.717, 1.165) is 23.4 Å². The molecule has 4 rings (SSSR count). The van der Waals surface area contributed by atoms with Crippen molar-refractivity contribution in [1.29, 1.82) is 5.26 Å². The fourth-order valence-electron chi connectivity index (χ4n) is 3.96. The van der Waals surface area contributed by atoms with E-state index >= 15 is 0 Å². The van der Waals surface area contributed by atoms with Crippen molar-refractivity contribution in [3.8, 4) is 11.8 Å². The summed E-state index contributed by atoms with van der Waals surface area (Å²) in [6.07, 6.45) is 8.95. The number of hydrogen-bond donors (Lipinski definition) is 1. The highest BCUT2D eigenvalue weighted by atomic mass is 32.1. The molecule has 1 fully saturated rings. The van der Waals surface area contributed by atoms with E-state index in [4.69, 9.17) is 0 Å². The molecule has 1 N–H and O–H groups in total. The summed E-state index contributed by atoms with van der Waals surface area (Å²) in [6.45, 7) is 1.84. The molecule has 1 aliphatic carbocycles. The second kappa shape index (κ2) is 9.75. The maximum absolute atomic E-state index is 12.8. The molecule has 9 nitrogen and oxygen atoms in total. The number of aromatic nitrogens is 3. The van der Waals surface area contributed by atoms with Crippen LogP contribution < -0.4 is 5.32 Å². The van der Waals surface area contributed by atoms with Crippen molar-refractivity contribution >= 4 is 34.1 Å². The number of carbonyl (C=O) groups is 1. The predicted molar refractivity (Wildman–Crippen MR) is 125 cm³/mol. The third kappa shape index (κ3) is 4.99. The zero-order valence-corrected chi connectivity index (χ0v) is 18.8. The zero-order chi connectivity index (χ0) is 23.4. The first-order valence-corrected chi connectivity index (χ1v) is 11.5. The van der Waals surface area contributed by atoms with Crippen molar-refractivity contribution in [2.75, 3.05) is 5.32 Å². The number of hydrogen-bond acceptors (Lipinski definition) is 7. The van der Waals surface area contributed by atoms with E-state index in [-0.39, 0.29) is 11.3 Å². The second-order valence-electron chi connectivity index (χ2n) is 7.94. The van der Waals surface area contributed by atoms with Crippen LogP contribution in [-0.4, -0.2) is 25.6 Å². The van der Waals surface area contributed by atoms with Crippen LogP contribution in [0.1, 0.15) is 54.3 Å². The number of nitrogens with zero attached hydrogens (tertiary/aromatic N) is 5. The fourth-order valence-corrected chi connectivity index (χ4v) is 4.87. The number of nitro groups is 1. The summed E-state index contributed by atoms with van der Waals surface area (Å²) < 4.78 is 1.71. The van der Waals surface area contributed by atoms with Gasteiger partial charge in [0.15, 0.2) is 0 Å². The quantitative estimate of drug-likeness (QED) is 0.234. The molecule has 2 heterocycles. The molecule has 1 saturated carbocycles. The Bertz CT molecular complexity index is 1260. The second-order valence-corrected chi connectivity index (χ2v) is 8.94. The van der Waals surface area contributed by atoms with Crippen molar-refractivity contribution in [3.05, 3.63) is 68.5 Å². The van der Waals surface area contributed by atoms with Crippen LogP contribution in [0.4, 0.5) is 10.8 Å². The Kier molecular flexibility index (Phi) is 6.60. The number of nitro benzene ring substituents is 1. The first kappa shape index (κ1) is 22.4. The average molecular weight is 463 g/mol. The lowest BCUT2D eigenvalue weighted by Gasteiger charge is -2.18. The number of non-ortho nitro benzene ring substituents is 1. The molecule has 0 spiro atoms. The smallest absolute Gasteiger partial charge is 0.271 e. The summed E-state index contributed by atoms with van der Waals surface area (Å²) in [6, 6.07) is 9.99. The summed E-state index contributed by atoms with van der Waals surface area (Å²) in [5, 5.41) is 33.1. The molecule has 0 saturated heterocycles. The summed E-state index contributed by atoms with van der Waals surface area (Å²) >= 11 is 1.35. The molecule has 1 amide bonds. The number of benzene rings is 1. The molecule has 0 unspecified atom stereocenters. The minimum absolute atomic E-state index is 0.0393. The minimum Gasteiger partial charge on any atom is -0.317 e. The fraction of sp³-hybridized carbons (Fsp3) is 0.304. The molecule has 3 aromatic rings. The normalized spacial score (nSPS) is 14.6. The van der Waals surface area contributed by atoms with Gasteiger partial charge in [0.1, 0.15) is 16.6 Å². The topological polar surface area (TPSA) is 127 Å². The van der Waals surface area contributed by atoms with Crippen LogP contribution in [0.15, 0.2) is 42.1 Å². The summed E-state index contributed by atoms with van der Waals surface area (Å²) in [5.41, 5.74) is 1.82. The minimum atomic E-state index is -0.577. The van der Waals surface area contributed by atoms with Gasteiger partial charge in [-0.3, -0.25) is 20.2 Å².